The van der Waals surface area contributed by atoms with Gasteiger partial charge in [0.1, 0.15) is 5.82 Å². The number of fused-ring (bicyclic) bond motifs is 1. The van der Waals surface area contributed by atoms with Gasteiger partial charge in [0, 0.05) is 34.7 Å². The van der Waals surface area contributed by atoms with E-state index in [2.05, 4.69) is 20.6 Å². The first-order chi connectivity index (χ1) is 16.5. The van der Waals surface area contributed by atoms with Crippen molar-refractivity contribution in [2.75, 3.05) is 5.32 Å². The van der Waals surface area contributed by atoms with Crippen molar-refractivity contribution in [1.82, 2.24) is 20.3 Å². The third-order valence-corrected chi connectivity index (χ3v) is 6.58. The number of anilines is 1. The molecule has 8 heteroatoms. The summed E-state index contributed by atoms with van der Waals surface area (Å²) in [5, 5.41) is 7.91. The summed E-state index contributed by atoms with van der Waals surface area (Å²) in [6.45, 7) is 1.80. The highest BCUT2D eigenvalue weighted by Crippen LogP contribution is 2.32. The van der Waals surface area contributed by atoms with Crippen LogP contribution in [0.2, 0.25) is 5.02 Å². The predicted octanol–water partition coefficient (Wildman–Crippen LogP) is 5.88. The highest BCUT2D eigenvalue weighted by molar-refractivity contribution is 6.33. The molecule has 2 atom stereocenters. The molecule has 1 fully saturated rings. The maximum atomic E-state index is 14.2. The van der Waals surface area contributed by atoms with Gasteiger partial charge in [-0.05, 0) is 56.4 Å². The fourth-order valence-corrected chi connectivity index (χ4v) is 4.79. The molecule has 0 saturated heterocycles. The van der Waals surface area contributed by atoms with Crippen molar-refractivity contribution in [2.24, 2.45) is 0 Å². The SMILES string of the molecule is Cc1ccc(C(=O)N[C@H]2CCC[C@@H](Nc3ncc(Cl)c(-c4c[nH]c5ccccc45)n3)C2)c(F)c1. The van der Waals surface area contributed by atoms with E-state index in [0.29, 0.717) is 23.1 Å². The molecule has 6 nitrogen and oxygen atoms in total. The molecule has 4 aromatic rings. The summed E-state index contributed by atoms with van der Waals surface area (Å²) < 4.78 is 14.2. The van der Waals surface area contributed by atoms with E-state index in [9.17, 15) is 9.18 Å². The van der Waals surface area contributed by atoms with Gasteiger partial charge in [0.2, 0.25) is 5.95 Å². The number of H-pyrrole nitrogens is 1. The third kappa shape index (κ3) is 4.61. The Labute approximate surface area is 202 Å². The Balaban J connectivity index is 1.29. The zero-order valence-corrected chi connectivity index (χ0v) is 19.5. The van der Waals surface area contributed by atoms with Gasteiger partial charge in [0.15, 0.2) is 0 Å². The van der Waals surface area contributed by atoms with Crippen LogP contribution < -0.4 is 10.6 Å². The summed E-state index contributed by atoms with van der Waals surface area (Å²) in [5.41, 5.74) is 3.45. The number of hydrogen-bond donors (Lipinski definition) is 3. The van der Waals surface area contributed by atoms with E-state index in [1.807, 2.05) is 30.5 Å². The number of benzene rings is 2. The number of hydrogen-bond acceptors (Lipinski definition) is 4. The van der Waals surface area contributed by atoms with Gasteiger partial charge in [0.25, 0.3) is 5.91 Å². The molecule has 34 heavy (non-hydrogen) atoms. The number of aryl methyl sites for hydroxylation is 1. The Morgan fingerprint density at radius 2 is 2.00 bits per heavy atom. The molecule has 3 N–H and O–H groups in total. The van der Waals surface area contributed by atoms with Gasteiger partial charge in [-0.2, -0.15) is 0 Å². The van der Waals surface area contributed by atoms with Crippen LogP contribution in [0.4, 0.5) is 10.3 Å². The van der Waals surface area contributed by atoms with Crippen LogP contribution in [0.5, 0.6) is 0 Å². The van der Waals surface area contributed by atoms with E-state index in [1.165, 1.54) is 12.1 Å². The summed E-state index contributed by atoms with van der Waals surface area (Å²) in [6, 6.07) is 12.7. The van der Waals surface area contributed by atoms with Crippen molar-refractivity contribution in [3.63, 3.8) is 0 Å². The monoisotopic (exact) mass is 477 g/mol. The van der Waals surface area contributed by atoms with Gasteiger partial charge in [0.05, 0.1) is 22.5 Å². The van der Waals surface area contributed by atoms with E-state index < -0.39 is 5.82 Å². The lowest BCUT2D eigenvalue weighted by Gasteiger charge is -2.30. The summed E-state index contributed by atoms with van der Waals surface area (Å²) in [5.74, 6) is -0.388. The third-order valence-electron chi connectivity index (χ3n) is 6.30. The Morgan fingerprint density at radius 1 is 1.18 bits per heavy atom. The molecule has 2 aromatic carbocycles. The Morgan fingerprint density at radius 3 is 2.85 bits per heavy atom. The van der Waals surface area contributed by atoms with Crippen LogP contribution in [0.3, 0.4) is 0 Å². The van der Waals surface area contributed by atoms with Gasteiger partial charge in [-0.25, -0.2) is 14.4 Å². The Bertz CT molecular complexity index is 1350. The zero-order valence-electron chi connectivity index (χ0n) is 18.7. The number of amides is 1. The largest absolute Gasteiger partial charge is 0.360 e. The van der Waals surface area contributed by atoms with E-state index in [0.717, 1.165) is 41.3 Å². The van der Waals surface area contributed by atoms with Crippen molar-refractivity contribution < 1.29 is 9.18 Å². The van der Waals surface area contributed by atoms with Crippen LogP contribution in [0, 0.1) is 12.7 Å². The second-order valence-electron chi connectivity index (χ2n) is 8.80. The number of aromatic amines is 1. The number of para-hydroxylation sites is 1. The topological polar surface area (TPSA) is 82.7 Å². The smallest absolute Gasteiger partial charge is 0.254 e. The van der Waals surface area contributed by atoms with Crippen LogP contribution in [0.1, 0.15) is 41.6 Å². The molecule has 0 spiro atoms. The van der Waals surface area contributed by atoms with E-state index in [1.54, 1.807) is 19.2 Å². The molecule has 2 heterocycles. The summed E-state index contributed by atoms with van der Waals surface area (Å²) in [7, 11) is 0. The molecule has 1 aliphatic rings. The molecule has 0 radical (unpaired) electrons. The molecule has 5 rings (SSSR count). The number of carbonyl (C=O) groups is 1. The van der Waals surface area contributed by atoms with Crippen molar-refractivity contribution in [1.29, 1.82) is 0 Å². The average Bonchev–Trinajstić information content (AvgIpc) is 3.24. The molecule has 2 aromatic heterocycles. The minimum absolute atomic E-state index is 0.0557. The van der Waals surface area contributed by atoms with E-state index in [4.69, 9.17) is 16.6 Å². The molecular formula is C26H25ClFN5O. The first-order valence-corrected chi connectivity index (χ1v) is 11.8. The number of nitrogens with one attached hydrogen (secondary N) is 3. The highest BCUT2D eigenvalue weighted by atomic mass is 35.5. The van der Waals surface area contributed by atoms with Crippen molar-refractivity contribution >= 4 is 34.4 Å². The van der Waals surface area contributed by atoms with Crippen LogP contribution in [-0.2, 0) is 0 Å². The second kappa shape index (κ2) is 9.43. The summed E-state index contributed by atoms with van der Waals surface area (Å²) in [6.07, 6.45) is 6.92. The number of aromatic nitrogens is 3. The summed E-state index contributed by atoms with van der Waals surface area (Å²) >= 11 is 6.45. The Hall–Kier alpha value is -3.45. The molecule has 0 unspecified atom stereocenters. The van der Waals surface area contributed by atoms with Gasteiger partial charge in [-0.15, -0.1) is 0 Å². The highest BCUT2D eigenvalue weighted by Gasteiger charge is 2.25. The van der Waals surface area contributed by atoms with Gasteiger partial charge in [-0.3, -0.25) is 4.79 Å². The molecular weight excluding hydrogens is 453 g/mol. The standard InChI is InChI=1S/C26H25ClFN5O/c1-15-9-10-19(22(28)11-15)25(34)31-16-5-4-6-17(12-16)32-26-30-14-21(27)24(33-26)20-13-29-23-8-3-2-7-18(20)23/h2-3,7-11,13-14,16-17,29H,4-6,12H2,1H3,(H,31,34)(H,30,32,33)/t16-,17+/m0/s1. The zero-order chi connectivity index (χ0) is 23.7. The van der Waals surface area contributed by atoms with Crippen LogP contribution >= 0.6 is 11.6 Å². The lowest BCUT2D eigenvalue weighted by molar-refractivity contribution is 0.0922. The molecule has 174 valence electrons. The number of nitrogens with zero attached hydrogens (tertiary/aromatic N) is 2. The minimum atomic E-state index is -0.498. The van der Waals surface area contributed by atoms with Crippen molar-refractivity contribution in [3.05, 3.63) is 76.8 Å². The fourth-order valence-electron chi connectivity index (χ4n) is 4.59. The van der Waals surface area contributed by atoms with Gasteiger partial charge < -0.3 is 15.6 Å². The predicted molar refractivity (Wildman–Crippen MR) is 133 cm³/mol. The maximum absolute atomic E-state index is 14.2. The number of rotatable bonds is 5. The van der Waals surface area contributed by atoms with E-state index >= 15 is 0 Å². The normalized spacial score (nSPS) is 18.1. The van der Waals surface area contributed by atoms with Crippen LogP contribution in [0.15, 0.2) is 54.9 Å². The molecule has 0 bridgehead atoms. The van der Waals surface area contributed by atoms with Gasteiger partial charge >= 0.3 is 0 Å². The quantitative estimate of drug-likeness (QED) is 0.335. The van der Waals surface area contributed by atoms with E-state index in [-0.39, 0.29) is 23.6 Å². The maximum Gasteiger partial charge on any atom is 0.254 e. The Kier molecular flexibility index (Phi) is 6.20. The molecule has 1 aliphatic carbocycles. The first kappa shape index (κ1) is 22.3. The van der Waals surface area contributed by atoms with Crippen LogP contribution in [-0.4, -0.2) is 32.9 Å². The van der Waals surface area contributed by atoms with Gasteiger partial charge in [-0.1, -0.05) is 35.9 Å². The average molecular weight is 478 g/mol. The number of halogens is 2. The lowest BCUT2D eigenvalue weighted by atomic mass is 9.91. The number of carbonyl (C=O) groups excluding carboxylic acids is 1. The molecule has 0 aliphatic heterocycles. The molecule has 1 saturated carbocycles. The fraction of sp³-hybridized carbons (Fsp3) is 0.269. The van der Waals surface area contributed by atoms with Crippen molar-refractivity contribution in [2.45, 2.75) is 44.7 Å². The van der Waals surface area contributed by atoms with Crippen molar-refractivity contribution in [3.8, 4) is 11.3 Å². The summed E-state index contributed by atoms with van der Waals surface area (Å²) in [4.78, 5) is 24.9. The minimum Gasteiger partial charge on any atom is -0.360 e. The second-order valence-corrected chi connectivity index (χ2v) is 9.21. The lowest BCUT2D eigenvalue weighted by Crippen LogP contribution is -2.42. The first-order valence-electron chi connectivity index (χ1n) is 11.4. The molecule has 1 amide bonds. The van der Waals surface area contributed by atoms with Crippen LogP contribution in [0.25, 0.3) is 22.2 Å².